The van der Waals surface area contributed by atoms with Crippen molar-refractivity contribution < 1.29 is 22.6 Å². The van der Waals surface area contributed by atoms with E-state index in [9.17, 15) is 13.2 Å². The molecule has 0 radical (unpaired) electrons. The lowest BCUT2D eigenvalue weighted by Gasteiger charge is -2.18. The van der Waals surface area contributed by atoms with Gasteiger partial charge in [0.15, 0.2) is 0 Å². The number of halogens is 3. The molecule has 108 valence electrons. The molecule has 0 aromatic heterocycles. The number of hydrogen-bond acceptors (Lipinski definition) is 3. The first kappa shape index (κ1) is 15.9. The second-order valence-electron chi connectivity index (χ2n) is 4.09. The molecule has 1 atom stereocenters. The normalized spacial score (nSPS) is 13.5. The first-order valence-electron chi connectivity index (χ1n) is 5.95. The Kier molecular flexibility index (Phi) is 6.27. The average molecular weight is 277 g/mol. The Labute approximate surface area is 110 Å². The van der Waals surface area contributed by atoms with Gasteiger partial charge in [0.1, 0.15) is 0 Å². The van der Waals surface area contributed by atoms with Crippen LogP contribution in [0.2, 0.25) is 0 Å². The van der Waals surface area contributed by atoms with Crippen molar-refractivity contribution >= 4 is 0 Å². The van der Waals surface area contributed by atoms with Crippen molar-refractivity contribution in [2.24, 2.45) is 5.73 Å². The van der Waals surface area contributed by atoms with Gasteiger partial charge in [-0.15, -0.1) is 0 Å². The minimum Gasteiger partial charge on any atom is -0.382 e. The minimum atomic E-state index is -4.38. The zero-order valence-corrected chi connectivity index (χ0v) is 10.7. The van der Waals surface area contributed by atoms with Crippen LogP contribution in [0.15, 0.2) is 24.3 Å². The van der Waals surface area contributed by atoms with Crippen molar-refractivity contribution in [2.45, 2.75) is 18.6 Å². The molecule has 2 N–H and O–H groups in total. The van der Waals surface area contributed by atoms with Crippen LogP contribution in [0.3, 0.4) is 0 Å². The van der Waals surface area contributed by atoms with E-state index in [2.05, 4.69) is 0 Å². The fourth-order valence-electron chi connectivity index (χ4n) is 1.69. The fraction of sp³-hybridized carbons (Fsp3) is 0.538. The third kappa shape index (κ3) is 5.18. The third-order valence-electron chi connectivity index (χ3n) is 2.67. The number of rotatable bonds is 7. The van der Waals surface area contributed by atoms with Crippen molar-refractivity contribution in [1.82, 2.24) is 0 Å². The monoisotopic (exact) mass is 277 g/mol. The van der Waals surface area contributed by atoms with E-state index in [1.165, 1.54) is 12.1 Å². The minimum absolute atomic E-state index is 0.102. The van der Waals surface area contributed by atoms with Crippen LogP contribution >= 0.6 is 0 Å². The Morgan fingerprint density at radius 1 is 1.16 bits per heavy atom. The molecule has 0 amide bonds. The number of nitrogens with two attached hydrogens (primary N) is 1. The average Bonchev–Trinajstić information content (AvgIpc) is 2.37. The molecule has 1 unspecified atom stereocenters. The molecule has 0 spiro atoms. The molecule has 0 saturated heterocycles. The molecule has 6 heteroatoms. The van der Waals surface area contributed by atoms with Gasteiger partial charge in [-0.1, -0.05) is 18.2 Å². The lowest BCUT2D eigenvalue weighted by Crippen LogP contribution is -2.19. The highest BCUT2D eigenvalue weighted by Crippen LogP contribution is 2.34. The van der Waals surface area contributed by atoms with Crippen molar-refractivity contribution in [2.75, 3.05) is 26.9 Å². The summed E-state index contributed by atoms with van der Waals surface area (Å²) in [7, 11) is 1.55. The third-order valence-corrected chi connectivity index (χ3v) is 2.67. The van der Waals surface area contributed by atoms with Crippen LogP contribution < -0.4 is 5.73 Å². The van der Waals surface area contributed by atoms with Gasteiger partial charge in [-0.3, -0.25) is 0 Å². The molecule has 0 aliphatic rings. The maximum absolute atomic E-state index is 12.8. The number of hydrogen-bond donors (Lipinski definition) is 1. The summed E-state index contributed by atoms with van der Waals surface area (Å²) in [6, 6.07) is 4.66. The van der Waals surface area contributed by atoms with E-state index < -0.39 is 17.8 Å². The Bertz CT molecular complexity index is 382. The molecule has 0 aliphatic carbocycles. The van der Waals surface area contributed by atoms with Gasteiger partial charge in [-0.25, -0.2) is 0 Å². The highest BCUT2D eigenvalue weighted by Gasteiger charge is 2.34. The molecule has 0 saturated carbocycles. The zero-order valence-electron chi connectivity index (χ0n) is 10.7. The van der Waals surface area contributed by atoms with Crippen LogP contribution in [-0.2, 0) is 15.7 Å². The number of ether oxygens (including phenoxy) is 2. The van der Waals surface area contributed by atoms with Gasteiger partial charge < -0.3 is 15.2 Å². The van der Waals surface area contributed by atoms with E-state index in [1.54, 1.807) is 13.2 Å². The van der Waals surface area contributed by atoms with Crippen LogP contribution in [0.5, 0.6) is 0 Å². The first-order valence-corrected chi connectivity index (χ1v) is 5.95. The molecule has 19 heavy (non-hydrogen) atoms. The Balaban J connectivity index is 2.59. The van der Waals surface area contributed by atoms with Gasteiger partial charge in [0, 0.05) is 19.8 Å². The van der Waals surface area contributed by atoms with Gasteiger partial charge in [0.25, 0.3) is 0 Å². The molecule has 1 aromatic carbocycles. The zero-order chi connectivity index (χ0) is 14.3. The predicted molar refractivity (Wildman–Crippen MR) is 65.7 cm³/mol. The highest BCUT2D eigenvalue weighted by atomic mass is 19.4. The lowest BCUT2D eigenvalue weighted by molar-refractivity contribution is -0.138. The second kappa shape index (κ2) is 7.47. The standard InChI is InChI=1S/C13H18F3NO2/c1-18-8-9-19-7-6-12(17)10-4-2-3-5-11(10)13(14,15)16/h2-5,12H,6-9,17H2,1H3. The van der Waals surface area contributed by atoms with Gasteiger partial charge in [-0.05, 0) is 18.1 Å². The highest BCUT2D eigenvalue weighted by molar-refractivity contribution is 5.32. The summed E-state index contributed by atoms with van der Waals surface area (Å²) in [6.07, 6.45) is -4.05. The summed E-state index contributed by atoms with van der Waals surface area (Å²) >= 11 is 0. The Hall–Kier alpha value is -1.11. The SMILES string of the molecule is COCCOCCC(N)c1ccccc1C(F)(F)F. The summed E-state index contributed by atoms with van der Waals surface area (Å²) in [4.78, 5) is 0. The van der Waals surface area contributed by atoms with Gasteiger partial charge in [-0.2, -0.15) is 13.2 Å². The van der Waals surface area contributed by atoms with Crippen molar-refractivity contribution in [1.29, 1.82) is 0 Å². The molecule has 1 aromatic rings. The van der Waals surface area contributed by atoms with E-state index >= 15 is 0 Å². The van der Waals surface area contributed by atoms with Gasteiger partial charge in [0.2, 0.25) is 0 Å². The fourth-order valence-corrected chi connectivity index (χ4v) is 1.69. The molecular formula is C13H18F3NO2. The van der Waals surface area contributed by atoms with Crippen LogP contribution in [0.1, 0.15) is 23.6 Å². The first-order chi connectivity index (χ1) is 8.96. The van der Waals surface area contributed by atoms with Crippen molar-refractivity contribution in [3.8, 4) is 0 Å². The molecule has 0 heterocycles. The van der Waals surface area contributed by atoms with E-state index in [-0.39, 0.29) is 5.56 Å². The quantitative estimate of drug-likeness (QED) is 0.779. The molecular weight excluding hydrogens is 259 g/mol. The largest absolute Gasteiger partial charge is 0.416 e. The van der Waals surface area contributed by atoms with Gasteiger partial charge in [0.05, 0.1) is 18.8 Å². The topological polar surface area (TPSA) is 44.5 Å². The number of alkyl halides is 3. The summed E-state index contributed by atoms with van der Waals surface area (Å²) in [5, 5.41) is 0. The van der Waals surface area contributed by atoms with Crippen LogP contribution in [-0.4, -0.2) is 26.9 Å². The predicted octanol–water partition coefficient (Wildman–Crippen LogP) is 2.76. The van der Waals surface area contributed by atoms with Gasteiger partial charge >= 0.3 is 6.18 Å². The maximum atomic E-state index is 12.8. The van der Waals surface area contributed by atoms with E-state index in [1.807, 2.05) is 0 Å². The lowest BCUT2D eigenvalue weighted by atomic mass is 9.98. The summed E-state index contributed by atoms with van der Waals surface area (Å²) in [5.74, 6) is 0. The molecule has 0 fully saturated rings. The Morgan fingerprint density at radius 2 is 1.84 bits per heavy atom. The van der Waals surface area contributed by atoms with Crippen LogP contribution in [0.25, 0.3) is 0 Å². The van der Waals surface area contributed by atoms with E-state index in [4.69, 9.17) is 15.2 Å². The molecule has 0 bridgehead atoms. The molecule has 0 aliphatic heterocycles. The summed E-state index contributed by atoms with van der Waals surface area (Å²) < 4.78 is 48.4. The number of methoxy groups -OCH3 is 1. The summed E-state index contributed by atoms with van der Waals surface area (Å²) in [5.41, 5.74) is 5.22. The summed E-state index contributed by atoms with van der Waals surface area (Å²) in [6.45, 7) is 1.16. The smallest absolute Gasteiger partial charge is 0.382 e. The van der Waals surface area contributed by atoms with Crippen LogP contribution in [0.4, 0.5) is 13.2 Å². The van der Waals surface area contributed by atoms with Crippen molar-refractivity contribution in [3.05, 3.63) is 35.4 Å². The van der Waals surface area contributed by atoms with E-state index in [0.29, 0.717) is 26.2 Å². The maximum Gasteiger partial charge on any atom is 0.416 e. The van der Waals surface area contributed by atoms with E-state index in [0.717, 1.165) is 6.07 Å². The second-order valence-corrected chi connectivity index (χ2v) is 4.09. The molecule has 3 nitrogen and oxygen atoms in total. The molecule has 1 rings (SSSR count). The van der Waals surface area contributed by atoms with Crippen molar-refractivity contribution in [3.63, 3.8) is 0 Å². The van der Waals surface area contributed by atoms with Crippen LogP contribution in [0, 0.1) is 0 Å². The Morgan fingerprint density at radius 3 is 2.47 bits per heavy atom. The number of benzene rings is 1.